The number of carbonyl (C=O) groups is 1. The molecule has 2 unspecified atom stereocenters. The van der Waals surface area contributed by atoms with Crippen LogP contribution in [0.4, 0.5) is 0 Å². The molecule has 8 heteroatoms. The molecule has 1 aliphatic heterocycles. The molecule has 0 aliphatic carbocycles. The first kappa shape index (κ1) is 17.6. The Kier molecular flexibility index (Phi) is 5.17. The number of aryl methyl sites for hydroxylation is 3. The summed E-state index contributed by atoms with van der Waals surface area (Å²) in [6.45, 7) is 9.90. The highest BCUT2D eigenvalue weighted by Crippen LogP contribution is 2.20. The maximum absolute atomic E-state index is 12.4. The summed E-state index contributed by atoms with van der Waals surface area (Å²) in [6.07, 6.45) is 0.929. The summed E-state index contributed by atoms with van der Waals surface area (Å²) in [5.41, 5.74) is 1.71. The third-order valence-electron chi connectivity index (χ3n) is 4.21. The zero-order chi connectivity index (χ0) is 18.0. The van der Waals surface area contributed by atoms with Crippen molar-refractivity contribution in [1.29, 1.82) is 0 Å². The van der Waals surface area contributed by atoms with E-state index in [0.29, 0.717) is 37.7 Å². The highest BCUT2D eigenvalue weighted by atomic mass is 16.5. The number of rotatable bonds is 5. The lowest BCUT2D eigenvalue weighted by atomic mass is 10.2. The Balaban J connectivity index is 1.61. The van der Waals surface area contributed by atoms with Crippen LogP contribution in [-0.2, 0) is 22.5 Å². The van der Waals surface area contributed by atoms with Gasteiger partial charge in [-0.15, -0.1) is 10.2 Å². The molecule has 0 bridgehead atoms. The maximum atomic E-state index is 12.4. The summed E-state index contributed by atoms with van der Waals surface area (Å²) >= 11 is 0. The number of aromatic nitrogens is 4. The van der Waals surface area contributed by atoms with Gasteiger partial charge in [-0.2, -0.15) is 5.10 Å². The van der Waals surface area contributed by atoms with E-state index in [1.807, 2.05) is 43.3 Å². The average molecular weight is 347 g/mol. The summed E-state index contributed by atoms with van der Waals surface area (Å²) < 4.78 is 13.2. The van der Waals surface area contributed by atoms with Crippen LogP contribution in [0.5, 0.6) is 0 Å². The van der Waals surface area contributed by atoms with Gasteiger partial charge in [-0.25, -0.2) is 0 Å². The molecule has 0 aromatic carbocycles. The van der Waals surface area contributed by atoms with Gasteiger partial charge in [0, 0.05) is 32.5 Å². The summed E-state index contributed by atoms with van der Waals surface area (Å²) in [4.78, 5) is 14.3. The lowest BCUT2D eigenvalue weighted by molar-refractivity contribution is -0.143. The first-order chi connectivity index (χ1) is 12.0. The minimum atomic E-state index is 0.0697. The molecule has 1 fully saturated rings. The number of nitrogens with zero attached hydrogens (tertiary/aromatic N) is 5. The van der Waals surface area contributed by atoms with Crippen LogP contribution in [-0.4, -0.2) is 56.1 Å². The predicted molar refractivity (Wildman–Crippen MR) is 90.8 cm³/mol. The van der Waals surface area contributed by atoms with Crippen LogP contribution in [0.1, 0.15) is 38.8 Å². The molecule has 136 valence electrons. The lowest BCUT2D eigenvalue weighted by Crippen LogP contribution is -2.48. The molecule has 8 nitrogen and oxygen atoms in total. The topological polar surface area (TPSA) is 86.3 Å². The standard InChI is InChI=1S/C17H25N5O3/c1-5-22-14(8-11(2)20-22)17-19-18-15(25-17)6-7-16(23)21-9-12(3)24-13(4)10-21/h8,12-13H,5-7,9-10H2,1-4H3. The zero-order valence-electron chi connectivity index (χ0n) is 15.2. The number of hydrogen-bond donors (Lipinski definition) is 0. The van der Waals surface area contributed by atoms with Gasteiger partial charge in [0.05, 0.1) is 17.9 Å². The maximum Gasteiger partial charge on any atom is 0.265 e. The van der Waals surface area contributed by atoms with E-state index >= 15 is 0 Å². The third-order valence-corrected chi connectivity index (χ3v) is 4.21. The van der Waals surface area contributed by atoms with Gasteiger partial charge in [-0.3, -0.25) is 9.48 Å². The van der Waals surface area contributed by atoms with Crippen LogP contribution < -0.4 is 0 Å². The van der Waals surface area contributed by atoms with Gasteiger partial charge >= 0.3 is 0 Å². The van der Waals surface area contributed by atoms with Crippen molar-refractivity contribution in [2.24, 2.45) is 0 Å². The summed E-state index contributed by atoms with van der Waals surface area (Å²) in [6, 6.07) is 1.92. The van der Waals surface area contributed by atoms with Gasteiger partial charge in [0.1, 0.15) is 5.69 Å². The first-order valence-corrected chi connectivity index (χ1v) is 8.76. The smallest absolute Gasteiger partial charge is 0.265 e. The molecule has 2 atom stereocenters. The Labute approximate surface area is 147 Å². The van der Waals surface area contributed by atoms with Crippen LogP contribution in [0.3, 0.4) is 0 Å². The van der Waals surface area contributed by atoms with Gasteiger partial charge in [0.15, 0.2) is 0 Å². The van der Waals surface area contributed by atoms with Crippen LogP contribution in [0.2, 0.25) is 0 Å². The Hall–Kier alpha value is -2.22. The second-order valence-corrected chi connectivity index (χ2v) is 6.54. The minimum Gasteiger partial charge on any atom is -0.419 e. The monoisotopic (exact) mass is 347 g/mol. The van der Waals surface area contributed by atoms with Crippen molar-refractivity contribution in [3.05, 3.63) is 17.7 Å². The number of amides is 1. The molecular formula is C17H25N5O3. The van der Waals surface area contributed by atoms with Gasteiger partial charge < -0.3 is 14.1 Å². The molecule has 2 aromatic heterocycles. The van der Waals surface area contributed by atoms with Crippen molar-refractivity contribution in [3.8, 4) is 11.6 Å². The molecule has 0 saturated carbocycles. The van der Waals surface area contributed by atoms with Crippen LogP contribution in [0.25, 0.3) is 11.6 Å². The number of morpholine rings is 1. The lowest BCUT2D eigenvalue weighted by Gasteiger charge is -2.35. The molecule has 25 heavy (non-hydrogen) atoms. The van der Waals surface area contributed by atoms with E-state index in [2.05, 4.69) is 15.3 Å². The fourth-order valence-corrected chi connectivity index (χ4v) is 3.17. The highest BCUT2D eigenvalue weighted by molar-refractivity contribution is 5.76. The molecule has 1 aliphatic rings. The van der Waals surface area contributed by atoms with Gasteiger partial charge in [-0.05, 0) is 33.8 Å². The summed E-state index contributed by atoms with van der Waals surface area (Å²) in [5, 5.41) is 12.6. The molecule has 2 aromatic rings. The second-order valence-electron chi connectivity index (χ2n) is 6.54. The average Bonchev–Trinajstić information content (AvgIpc) is 3.17. The van der Waals surface area contributed by atoms with Crippen LogP contribution in [0, 0.1) is 6.92 Å². The Morgan fingerprint density at radius 3 is 2.68 bits per heavy atom. The van der Waals surface area contributed by atoms with E-state index < -0.39 is 0 Å². The summed E-state index contributed by atoms with van der Waals surface area (Å²) in [7, 11) is 0. The van der Waals surface area contributed by atoms with E-state index in [9.17, 15) is 4.79 Å². The molecule has 0 spiro atoms. The fourth-order valence-electron chi connectivity index (χ4n) is 3.17. The van der Waals surface area contributed by atoms with Crippen molar-refractivity contribution in [2.45, 2.75) is 59.3 Å². The molecule has 0 radical (unpaired) electrons. The van der Waals surface area contributed by atoms with Crippen LogP contribution >= 0.6 is 0 Å². The molecule has 1 amide bonds. The van der Waals surface area contributed by atoms with Crippen LogP contribution in [0.15, 0.2) is 10.5 Å². The van der Waals surface area contributed by atoms with Crippen molar-refractivity contribution < 1.29 is 13.9 Å². The van der Waals surface area contributed by atoms with Gasteiger partial charge in [0.2, 0.25) is 11.8 Å². The second kappa shape index (κ2) is 7.35. The Morgan fingerprint density at radius 2 is 2.00 bits per heavy atom. The fraction of sp³-hybridized carbons (Fsp3) is 0.647. The first-order valence-electron chi connectivity index (χ1n) is 8.76. The third kappa shape index (κ3) is 4.07. The SMILES string of the molecule is CCn1nc(C)cc1-c1nnc(CCC(=O)N2CC(C)OC(C)C2)o1. The molecule has 0 N–H and O–H groups in total. The van der Waals surface area contributed by atoms with Crippen molar-refractivity contribution in [2.75, 3.05) is 13.1 Å². The van der Waals surface area contributed by atoms with E-state index in [-0.39, 0.29) is 18.1 Å². The number of ether oxygens (including phenoxy) is 1. The van der Waals surface area contributed by atoms with Gasteiger partial charge in [-0.1, -0.05) is 0 Å². The van der Waals surface area contributed by atoms with Crippen molar-refractivity contribution >= 4 is 5.91 Å². The van der Waals surface area contributed by atoms with Gasteiger partial charge in [0.25, 0.3) is 5.89 Å². The molecule has 3 heterocycles. The van der Waals surface area contributed by atoms with Crippen molar-refractivity contribution in [3.63, 3.8) is 0 Å². The normalized spacial score (nSPS) is 20.9. The molecule has 1 saturated heterocycles. The summed E-state index contributed by atoms with van der Waals surface area (Å²) in [5.74, 6) is 1.01. The molecular weight excluding hydrogens is 322 g/mol. The van der Waals surface area contributed by atoms with E-state index in [0.717, 1.165) is 17.9 Å². The van der Waals surface area contributed by atoms with Crippen molar-refractivity contribution in [1.82, 2.24) is 24.9 Å². The van der Waals surface area contributed by atoms with E-state index in [1.54, 1.807) is 0 Å². The Bertz CT molecular complexity index is 728. The largest absolute Gasteiger partial charge is 0.419 e. The molecule has 3 rings (SSSR count). The quantitative estimate of drug-likeness (QED) is 0.820. The van der Waals surface area contributed by atoms with E-state index in [4.69, 9.17) is 9.15 Å². The number of hydrogen-bond acceptors (Lipinski definition) is 6. The highest BCUT2D eigenvalue weighted by Gasteiger charge is 2.26. The minimum absolute atomic E-state index is 0.0697. The number of carbonyl (C=O) groups excluding carboxylic acids is 1. The van der Waals surface area contributed by atoms with E-state index in [1.165, 1.54) is 0 Å². The zero-order valence-corrected chi connectivity index (χ0v) is 15.2. The predicted octanol–water partition coefficient (Wildman–Crippen LogP) is 1.83. The Morgan fingerprint density at radius 1 is 1.28 bits per heavy atom.